The Bertz CT molecular complexity index is 754. The molecule has 144 valence electrons. The van der Waals surface area contributed by atoms with Crippen LogP contribution in [0.25, 0.3) is 0 Å². The number of amides is 3. The molecular formula is C19H22FN3O3S. The smallest absolute Gasteiger partial charge is 0.312 e. The summed E-state index contributed by atoms with van der Waals surface area (Å²) < 4.78 is 18.5. The molecular weight excluding hydrogens is 369 g/mol. The van der Waals surface area contributed by atoms with Crippen LogP contribution < -0.4 is 21.1 Å². The molecule has 0 unspecified atom stereocenters. The van der Waals surface area contributed by atoms with E-state index in [1.165, 1.54) is 12.1 Å². The van der Waals surface area contributed by atoms with Gasteiger partial charge in [-0.05, 0) is 60.4 Å². The van der Waals surface area contributed by atoms with E-state index in [9.17, 15) is 14.0 Å². The molecule has 27 heavy (non-hydrogen) atoms. The summed E-state index contributed by atoms with van der Waals surface area (Å²) in [6.45, 7) is 0.311. The van der Waals surface area contributed by atoms with Crippen LogP contribution in [0, 0.1) is 5.82 Å². The summed E-state index contributed by atoms with van der Waals surface area (Å²) in [6, 6.07) is 11.5. The van der Waals surface area contributed by atoms with Crippen LogP contribution in [0.3, 0.4) is 0 Å². The first-order chi connectivity index (χ1) is 13.0. The molecule has 0 saturated heterocycles. The lowest BCUT2D eigenvalue weighted by Crippen LogP contribution is -2.48. The molecule has 0 bridgehead atoms. The first-order valence-electron chi connectivity index (χ1n) is 8.33. The van der Waals surface area contributed by atoms with Crippen molar-refractivity contribution < 1.29 is 18.7 Å². The highest BCUT2D eigenvalue weighted by Gasteiger charge is 2.18. The predicted octanol–water partition coefficient (Wildman–Crippen LogP) is 3.02. The monoisotopic (exact) mass is 391 g/mol. The van der Waals surface area contributed by atoms with E-state index in [2.05, 4.69) is 10.6 Å². The topological polar surface area (TPSA) is 93.5 Å². The SMILES string of the molecule is CSCC[C@H](NC(N)=O)C(=O)NCc1ccc(Oc2ccc(F)cc2)cc1. The van der Waals surface area contributed by atoms with Gasteiger partial charge in [0.05, 0.1) is 0 Å². The van der Waals surface area contributed by atoms with Gasteiger partial charge < -0.3 is 21.1 Å². The van der Waals surface area contributed by atoms with Crippen molar-refractivity contribution in [2.24, 2.45) is 5.73 Å². The molecule has 8 heteroatoms. The van der Waals surface area contributed by atoms with E-state index in [1.54, 1.807) is 36.0 Å². The van der Waals surface area contributed by atoms with Crippen LogP contribution in [0.2, 0.25) is 0 Å². The molecule has 2 rings (SSSR count). The van der Waals surface area contributed by atoms with Gasteiger partial charge in [0.1, 0.15) is 23.4 Å². The Hall–Kier alpha value is -2.74. The maximum atomic E-state index is 12.9. The van der Waals surface area contributed by atoms with Gasteiger partial charge in [0.15, 0.2) is 0 Å². The number of nitrogens with one attached hydrogen (secondary N) is 2. The summed E-state index contributed by atoms with van der Waals surface area (Å²) in [5, 5.41) is 5.25. The van der Waals surface area contributed by atoms with E-state index in [4.69, 9.17) is 10.5 Å². The Kier molecular flexibility index (Phi) is 7.94. The number of ether oxygens (including phenoxy) is 1. The van der Waals surface area contributed by atoms with Crippen molar-refractivity contribution in [1.29, 1.82) is 0 Å². The molecule has 0 aliphatic carbocycles. The van der Waals surface area contributed by atoms with Crippen molar-refractivity contribution >= 4 is 23.7 Å². The predicted molar refractivity (Wildman–Crippen MR) is 104 cm³/mol. The van der Waals surface area contributed by atoms with Crippen LogP contribution in [0.1, 0.15) is 12.0 Å². The molecule has 0 aliphatic heterocycles. The fraction of sp³-hybridized carbons (Fsp3) is 0.263. The second-order valence-electron chi connectivity index (χ2n) is 5.76. The van der Waals surface area contributed by atoms with Crippen molar-refractivity contribution in [2.75, 3.05) is 12.0 Å². The zero-order valence-electron chi connectivity index (χ0n) is 14.9. The summed E-state index contributed by atoms with van der Waals surface area (Å²) in [6.07, 6.45) is 2.43. The number of thioether (sulfide) groups is 1. The summed E-state index contributed by atoms with van der Waals surface area (Å²) in [7, 11) is 0. The maximum Gasteiger partial charge on any atom is 0.312 e. The lowest BCUT2D eigenvalue weighted by Gasteiger charge is -2.17. The van der Waals surface area contributed by atoms with Gasteiger partial charge in [-0.25, -0.2) is 9.18 Å². The quantitative estimate of drug-likeness (QED) is 0.613. The van der Waals surface area contributed by atoms with Gasteiger partial charge in [-0.2, -0.15) is 11.8 Å². The molecule has 1 atom stereocenters. The zero-order chi connectivity index (χ0) is 19.6. The number of primary amides is 1. The Morgan fingerprint density at radius 1 is 1.11 bits per heavy atom. The number of rotatable bonds is 9. The Morgan fingerprint density at radius 2 is 1.70 bits per heavy atom. The fourth-order valence-corrected chi connectivity index (χ4v) is 2.77. The highest BCUT2D eigenvalue weighted by molar-refractivity contribution is 7.98. The van der Waals surface area contributed by atoms with Gasteiger partial charge in [-0.1, -0.05) is 12.1 Å². The van der Waals surface area contributed by atoms with Crippen LogP contribution in [-0.4, -0.2) is 30.0 Å². The average Bonchev–Trinajstić information content (AvgIpc) is 2.66. The highest BCUT2D eigenvalue weighted by atomic mass is 32.2. The zero-order valence-corrected chi connectivity index (χ0v) is 15.7. The van der Waals surface area contributed by atoms with Gasteiger partial charge in [-0.3, -0.25) is 4.79 Å². The minimum Gasteiger partial charge on any atom is -0.457 e. The number of nitrogens with two attached hydrogens (primary N) is 1. The lowest BCUT2D eigenvalue weighted by atomic mass is 10.2. The molecule has 0 saturated carbocycles. The standard InChI is InChI=1S/C19H22FN3O3S/c1-27-11-10-17(23-19(21)25)18(24)22-12-13-2-6-15(7-3-13)26-16-8-4-14(20)5-9-16/h2-9,17H,10-12H2,1H3,(H,22,24)(H3,21,23,25)/t17-/m0/s1. The second kappa shape index (κ2) is 10.4. The van der Waals surface area contributed by atoms with Gasteiger partial charge in [0.25, 0.3) is 0 Å². The summed E-state index contributed by atoms with van der Waals surface area (Å²) in [5.41, 5.74) is 6.00. The highest BCUT2D eigenvalue weighted by Crippen LogP contribution is 2.21. The number of hydrogen-bond donors (Lipinski definition) is 3. The number of benzene rings is 2. The van der Waals surface area contributed by atoms with Crippen LogP contribution in [0.4, 0.5) is 9.18 Å². The molecule has 0 fully saturated rings. The maximum absolute atomic E-state index is 12.9. The van der Waals surface area contributed by atoms with E-state index >= 15 is 0 Å². The third kappa shape index (κ3) is 7.18. The van der Waals surface area contributed by atoms with E-state index < -0.39 is 12.1 Å². The minimum absolute atomic E-state index is 0.283. The lowest BCUT2D eigenvalue weighted by molar-refractivity contribution is -0.123. The van der Waals surface area contributed by atoms with E-state index in [0.29, 0.717) is 24.5 Å². The average molecular weight is 391 g/mol. The van der Waals surface area contributed by atoms with E-state index in [1.807, 2.05) is 18.4 Å². The van der Waals surface area contributed by atoms with Crippen molar-refractivity contribution in [3.8, 4) is 11.5 Å². The molecule has 2 aromatic carbocycles. The first-order valence-corrected chi connectivity index (χ1v) is 9.72. The van der Waals surface area contributed by atoms with Crippen molar-refractivity contribution in [1.82, 2.24) is 10.6 Å². The minimum atomic E-state index is -0.724. The number of hydrogen-bond acceptors (Lipinski definition) is 4. The van der Waals surface area contributed by atoms with Gasteiger partial charge >= 0.3 is 6.03 Å². The summed E-state index contributed by atoms with van der Waals surface area (Å²) in [5.74, 6) is 1.26. The Balaban J connectivity index is 1.88. The molecule has 6 nitrogen and oxygen atoms in total. The third-order valence-corrected chi connectivity index (χ3v) is 4.33. The van der Waals surface area contributed by atoms with Crippen LogP contribution in [-0.2, 0) is 11.3 Å². The van der Waals surface area contributed by atoms with Crippen molar-refractivity contribution in [3.05, 3.63) is 59.9 Å². The number of halogens is 1. The molecule has 0 spiro atoms. The van der Waals surface area contributed by atoms with Gasteiger partial charge in [0, 0.05) is 6.54 Å². The number of carbonyl (C=O) groups excluding carboxylic acids is 2. The van der Waals surface area contributed by atoms with Crippen LogP contribution >= 0.6 is 11.8 Å². The summed E-state index contributed by atoms with van der Waals surface area (Å²) in [4.78, 5) is 23.3. The fourth-order valence-electron chi connectivity index (χ4n) is 2.30. The Morgan fingerprint density at radius 3 is 2.26 bits per heavy atom. The molecule has 0 aromatic heterocycles. The second-order valence-corrected chi connectivity index (χ2v) is 6.75. The number of urea groups is 1. The van der Waals surface area contributed by atoms with Gasteiger partial charge in [-0.15, -0.1) is 0 Å². The molecule has 2 aromatic rings. The first kappa shape index (κ1) is 20.6. The third-order valence-electron chi connectivity index (χ3n) is 3.68. The van der Waals surface area contributed by atoms with Crippen molar-refractivity contribution in [3.63, 3.8) is 0 Å². The normalized spacial score (nSPS) is 11.5. The molecule has 0 aliphatic rings. The van der Waals surface area contributed by atoms with Crippen LogP contribution in [0.15, 0.2) is 48.5 Å². The van der Waals surface area contributed by atoms with E-state index in [-0.39, 0.29) is 11.7 Å². The summed E-state index contributed by atoms with van der Waals surface area (Å²) >= 11 is 1.59. The van der Waals surface area contributed by atoms with Crippen molar-refractivity contribution in [2.45, 2.75) is 19.0 Å². The van der Waals surface area contributed by atoms with Gasteiger partial charge in [0.2, 0.25) is 5.91 Å². The molecule has 0 heterocycles. The largest absolute Gasteiger partial charge is 0.457 e. The number of carbonyl (C=O) groups is 2. The van der Waals surface area contributed by atoms with E-state index in [0.717, 1.165) is 11.3 Å². The Labute approximate surface area is 161 Å². The van der Waals surface area contributed by atoms with Crippen LogP contribution in [0.5, 0.6) is 11.5 Å². The molecule has 4 N–H and O–H groups in total. The molecule has 3 amide bonds. The molecule has 0 radical (unpaired) electrons.